The van der Waals surface area contributed by atoms with Crippen LogP contribution >= 0.6 is 0 Å². The average molecular weight is 238 g/mol. The summed E-state index contributed by atoms with van der Waals surface area (Å²) in [7, 11) is 0. The lowest BCUT2D eigenvalue weighted by atomic mass is 9.80. The zero-order chi connectivity index (χ0) is 12.4. The first-order valence-electron chi connectivity index (χ1n) is 7.12. The lowest BCUT2D eigenvalue weighted by Crippen LogP contribution is -2.45. The van der Waals surface area contributed by atoms with Gasteiger partial charge in [0, 0.05) is 6.54 Å². The van der Waals surface area contributed by atoms with Gasteiger partial charge in [-0.2, -0.15) is 0 Å². The monoisotopic (exact) mass is 238 g/mol. The van der Waals surface area contributed by atoms with Gasteiger partial charge in [-0.3, -0.25) is 10.1 Å². The van der Waals surface area contributed by atoms with Gasteiger partial charge in [-0.1, -0.05) is 40.0 Å². The first kappa shape index (κ1) is 12.9. The Morgan fingerprint density at radius 3 is 2.71 bits per heavy atom. The lowest BCUT2D eigenvalue weighted by molar-refractivity contribution is -0.129. The normalized spacial score (nSPS) is 34.7. The van der Waals surface area contributed by atoms with Gasteiger partial charge < -0.3 is 4.90 Å². The largest absolute Gasteiger partial charge is 0.326 e. The van der Waals surface area contributed by atoms with E-state index in [0.29, 0.717) is 24.3 Å². The molecule has 98 valence electrons. The molecule has 3 unspecified atom stereocenters. The highest BCUT2D eigenvalue weighted by Crippen LogP contribution is 2.31. The third-order valence-corrected chi connectivity index (χ3v) is 4.47. The predicted octanol–water partition coefficient (Wildman–Crippen LogP) is 2.23. The Hall–Kier alpha value is -0.570. The van der Waals surface area contributed by atoms with Gasteiger partial charge in [0.1, 0.15) is 0 Å². The fourth-order valence-electron chi connectivity index (χ4n) is 3.29. The maximum absolute atomic E-state index is 11.9. The molecule has 0 radical (unpaired) electrons. The molecular weight excluding hydrogens is 212 g/mol. The van der Waals surface area contributed by atoms with Gasteiger partial charge in [-0.05, 0) is 24.2 Å². The van der Waals surface area contributed by atoms with Gasteiger partial charge >= 0.3 is 0 Å². The second-order valence-corrected chi connectivity index (χ2v) is 6.14. The smallest absolute Gasteiger partial charge is 0.237 e. The van der Waals surface area contributed by atoms with E-state index in [0.717, 1.165) is 12.5 Å². The summed E-state index contributed by atoms with van der Waals surface area (Å²) >= 11 is 0. The number of carbonyl (C=O) groups excluding carboxylic acids is 1. The van der Waals surface area contributed by atoms with E-state index in [1.165, 1.54) is 25.7 Å². The highest BCUT2D eigenvalue weighted by Gasteiger charge is 2.35. The molecule has 1 amide bonds. The van der Waals surface area contributed by atoms with Gasteiger partial charge in [0.05, 0.1) is 12.7 Å². The molecule has 0 aromatic rings. The van der Waals surface area contributed by atoms with Crippen molar-refractivity contribution in [1.29, 1.82) is 0 Å². The summed E-state index contributed by atoms with van der Waals surface area (Å²) in [6.07, 6.45) is 5.62. The van der Waals surface area contributed by atoms with Crippen molar-refractivity contribution in [3.8, 4) is 0 Å². The highest BCUT2D eigenvalue weighted by molar-refractivity contribution is 5.80. The number of nitrogens with zero attached hydrogens (tertiary/aromatic N) is 1. The van der Waals surface area contributed by atoms with Gasteiger partial charge in [-0.15, -0.1) is 0 Å². The average Bonchev–Trinajstić information content (AvgIpc) is 2.64. The number of rotatable bonds is 3. The topological polar surface area (TPSA) is 32.3 Å². The SMILES string of the molecule is CC(C)C1NCC(=O)N1CC1CCCCC1C. The van der Waals surface area contributed by atoms with E-state index in [4.69, 9.17) is 0 Å². The molecule has 0 spiro atoms. The van der Waals surface area contributed by atoms with Crippen LogP contribution in [-0.2, 0) is 4.79 Å². The minimum atomic E-state index is 0.261. The van der Waals surface area contributed by atoms with Gasteiger partial charge in [0.2, 0.25) is 5.91 Å². The molecule has 0 bridgehead atoms. The molecule has 2 fully saturated rings. The number of hydrogen-bond donors (Lipinski definition) is 1. The Morgan fingerprint density at radius 2 is 2.06 bits per heavy atom. The third kappa shape index (κ3) is 2.82. The van der Waals surface area contributed by atoms with Crippen molar-refractivity contribution in [3.63, 3.8) is 0 Å². The summed E-state index contributed by atoms with van der Waals surface area (Å²) in [5.41, 5.74) is 0. The van der Waals surface area contributed by atoms with Crippen LogP contribution in [0.2, 0.25) is 0 Å². The minimum Gasteiger partial charge on any atom is -0.326 e. The molecule has 1 aliphatic carbocycles. The van der Waals surface area contributed by atoms with Crippen molar-refractivity contribution < 1.29 is 4.79 Å². The molecular formula is C14H26N2O. The predicted molar refractivity (Wildman–Crippen MR) is 69.5 cm³/mol. The number of carbonyl (C=O) groups is 1. The Labute approximate surface area is 105 Å². The molecule has 2 rings (SSSR count). The lowest BCUT2D eigenvalue weighted by Gasteiger charge is -2.35. The van der Waals surface area contributed by atoms with E-state index < -0.39 is 0 Å². The van der Waals surface area contributed by atoms with E-state index in [1.54, 1.807) is 0 Å². The van der Waals surface area contributed by atoms with E-state index in [2.05, 4.69) is 31.0 Å². The fourth-order valence-corrected chi connectivity index (χ4v) is 3.29. The van der Waals surface area contributed by atoms with Crippen LogP contribution in [-0.4, -0.2) is 30.1 Å². The molecule has 3 heteroatoms. The van der Waals surface area contributed by atoms with E-state index in [1.807, 2.05) is 0 Å². The molecule has 3 nitrogen and oxygen atoms in total. The molecule has 1 saturated heterocycles. The zero-order valence-electron chi connectivity index (χ0n) is 11.4. The quantitative estimate of drug-likeness (QED) is 0.817. The van der Waals surface area contributed by atoms with Gasteiger partial charge in [0.15, 0.2) is 0 Å². The fraction of sp³-hybridized carbons (Fsp3) is 0.929. The zero-order valence-corrected chi connectivity index (χ0v) is 11.4. The van der Waals surface area contributed by atoms with E-state index in [9.17, 15) is 4.79 Å². The first-order chi connectivity index (χ1) is 8.09. The molecule has 1 N–H and O–H groups in total. The van der Waals surface area contributed by atoms with Crippen LogP contribution in [0.4, 0.5) is 0 Å². The van der Waals surface area contributed by atoms with Crippen LogP contribution in [0.3, 0.4) is 0 Å². The first-order valence-corrected chi connectivity index (χ1v) is 7.12. The van der Waals surface area contributed by atoms with Crippen molar-refractivity contribution in [2.45, 2.75) is 52.6 Å². The van der Waals surface area contributed by atoms with E-state index in [-0.39, 0.29) is 6.17 Å². The summed E-state index contributed by atoms with van der Waals surface area (Å²) in [5.74, 6) is 2.29. The molecule has 2 aliphatic rings. The van der Waals surface area contributed by atoms with Crippen LogP contribution in [0.15, 0.2) is 0 Å². The van der Waals surface area contributed by atoms with Crippen LogP contribution in [0.25, 0.3) is 0 Å². The Balaban J connectivity index is 1.97. The van der Waals surface area contributed by atoms with Crippen molar-refractivity contribution in [2.75, 3.05) is 13.1 Å². The summed E-state index contributed by atoms with van der Waals surface area (Å²) in [6, 6.07) is 0. The highest BCUT2D eigenvalue weighted by atomic mass is 16.2. The van der Waals surface area contributed by atoms with Crippen LogP contribution < -0.4 is 5.32 Å². The summed E-state index contributed by atoms with van der Waals surface area (Å²) < 4.78 is 0. The number of hydrogen-bond acceptors (Lipinski definition) is 2. The summed E-state index contributed by atoms with van der Waals surface area (Å²) in [6.45, 7) is 8.23. The maximum atomic E-state index is 11.9. The molecule has 3 atom stereocenters. The third-order valence-electron chi connectivity index (χ3n) is 4.47. The molecule has 1 saturated carbocycles. The molecule has 0 aromatic heterocycles. The second-order valence-electron chi connectivity index (χ2n) is 6.14. The maximum Gasteiger partial charge on any atom is 0.237 e. The number of amides is 1. The summed E-state index contributed by atoms with van der Waals surface area (Å²) in [5, 5.41) is 3.34. The Morgan fingerprint density at radius 1 is 1.35 bits per heavy atom. The van der Waals surface area contributed by atoms with Crippen LogP contribution in [0.1, 0.15) is 46.5 Å². The molecule has 0 aromatic carbocycles. The summed E-state index contributed by atoms with van der Waals surface area (Å²) in [4.78, 5) is 14.0. The van der Waals surface area contributed by atoms with Crippen LogP contribution in [0.5, 0.6) is 0 Å². The molecule has 1 heterocycles. The second kappa shape index (κ2) is 5.38. The van der Waals surface area contributed by atoms with Gasteiger partial charge in [-0.25, -0.2) is 0 Å². The van der Waals surface area contributed by atoms with Crippen molar-refractivity contribution >= 4 is 5.91 Å². The van der Waals surface area contributed by atoms with Gasteiger partial charge in [0.25, 0.3) is 0 Å². The van der Waals surface area contributed by atoms with Crippen LogP contribution in [0, 0.1) is 17.8 Å². The minimum absolute atomic E-state index is 0.261. The molecule has 17 heavy (non-hydrogen) atoms. The van der Waals surface area contributed by atoms with E-state index >= 15 is 0 Å². The number of nitrogens with one attached hydrogen (secondary N) is 1. The standard InChI is InChI=1S/C14H26N2O/c1-10(2)14-15-8-13(17)16(14)9-12-7-5-4-6-11(12)3/h10-12,14-15H,4-9H2,1-3H3. The Kier molecular flexibility index (Phi) is 4.08. The Bertz CT molecular complexity index is 277. The van der Waals surface area contributed by atoms with Crippen molar-refractivity contribution in [2.24, 2.45) is 17.8 Å². The molecule has 1 aliphatic heterocycles. The van der Waals surface area contributed by atoms with Crippen molar-refractivity contribution in [3.05, 3.63) is 0 Å². The van der Waals surface area contributed by atoms with Crippen molar-refractivity contribution in [1.82, 2.24) is 10.2 Å².